The zero-order valence-corrected chi connectivity index (χ0v) is 11.1. The van der Waals surface area contributed by atoms with Crippen LogP contribution >= 0.6 is 11.6 Å². The first-order valence-corrected chi connectivity index (χ1v) is 5.99. The van der Waals surface area contributed by atoms with Gasteiger partial charge in [0.1, 0.15) is 19.0 Å². The molecule has 0 aliphatic rings. The summed E-state index contributed by atoms with van der Waals surface area (Å²) < 4.78 is 45.2. The third kappa shape index (κ3) is 6.13. The van der Waals surface area contributed by atoms with Gasteiger partial charge in [-0.25, -0.2) is 0 Å². The zero-order chi connectivity index (χ0) is 14.5. The van der Waals surface area contributed by atoms with Gasteiger partial charge in [0.15, 0.2) is 0 Å². The summed E-state index contributed by atoms with van der Waals surface area (Å²) in [6.45, 7) is 0.341. The lowest BCUT2D eigenvalue weighted by Crippen LogP contribution is -2.19. The number of rotatable bonds is 6. The molecule has 7 heteroatoms. The zero-order valence-electron chi connectivity index (χ0n) is 10.3. The Labute approximate surface area is 114 Å². The molecule has 0 aliphatic carbocycles. The van der Waals surface area contributed by atoms with Crippen molar-refractivity contribution in [3.8, 4) is 5.75 Å². The van der Waals surface area contributed by atoms with E-state index in [9.17, 15) is 13.2 Å². The van der Waals surface area contributed by atoms with Crippen molar-refractivity contribution in [2.75, 3.05) is 19.8 Å². The molecule has 0 spiro atoms. The lowest BCUT2D eigenvalue weighted by molar-refractivity contribution is -0.175. The summed E-state index contributed by atoms with van der Waals surface area (Å²) in [5.74, 6) is 0.495. The molecule has 0 saturated heterocycles. The van der Waals surface area contributed by atoms with Crippen molar-refractivity contribution >= 4 is 11.6 Å². The Bertz CT molecular complexity index is 410. The fourth-order valence-corrected chi connectivity index (χ4v) is 1.59. The van der Waals surface area contributed by atoms with Gasteiger partial charge in [0, 0.05) is 16.6 Å². The Morgan fingerprint density at radius 1 is 1.32 bits per heavy atom. The van der Waals surface area contributed by atoms with Crippen LogP contribution in [-0.2, 0) is 4.74 Å². The van der Waals surface area contributed by atoms with Crippen LogP contribution < -0.4 is 10.5 Å². The maximum atomic E-state index is 11.8. The van der Waals surface area contributed by atoms with E-state index in [1.165, 1.54) is 0 Å². The molecule has 1 aromatic carbocycles. The number of benzene rings is 1. The van der Waals surface area contributed by atoms with E-state index in [0.29, 0.717) is 16.3 Å². The molecule has 19 heavy (non-hydrogen) atoms. The van der Waals surface area contributed by atoms with Crippen molar-refractivity contribution in [1.82, 2.24) is 0 Å². The highest BCUT2D eigenvalue weighted by molar-refractivity contribution is 6.30. The lowest BCUT2D eigenvalue weighted by atomic mass is 10.1. The average molecular weight is 298 g/mol. The molecule has 0 radical (unpaired) electrons. The molecular weight excluding hydrogens is 283 g/mol. The number of hydrogen-bond acceptors (Lipinski definition) is 3. The van der Waals surface area contributed by atoms with E-state index < -0.39 is 12.8 Å². The van der Waals surface area contributed by atoms with Crippen LogP contribution in [0.25, 0.3) is 0 Å². The van der Waals surface area contributed by atoms with Crippen LogP contribution in [0.2, 0.25) is 5.02 Å². The van der Waals surface area contributed by atoms with Crippen molar-refractivity contribution in [3.63, 3.8) is 0 Å². The van der Waals surface area contributed by atoms with Crippen LogP contribution in [-0.4, -0.2) is 26.0 Å². The maximum Gasteiger partial charge on any atom is 0.411 e. The van der Waals surface area contributed by atoms with Crippen molar-refractivity contribution in [2.45, 2.75) is 19.1 Å². The molecule has 1 rings (SSSR count). The fraction of sp³-hybridized carbons (Fsp3) is 0.500. The Morgan fingerprint density at radius 2 is 2.00 bits per heavy atom. The number of ether oxygens (including phenoxy) is 2. The topological polar surface area (TPSA) is 44.5 Å². The summed E-state index contributed by atoms with van der Waals surface area (Å²) in [4.78, 5) is 0. The first-order valence-electron chi connectivity index (χ1n) is 5.62. The average Bonchev–Trinajstić information content (AvgIpc) is 2.28. The van der Waals surface area contributed by atoms with Crippen LogP contribution in [0.3, 0.4) is 0 Å². The molecule has 0 fully saturated rings. The van der Waals surface area contributed by atoms with Gasteiger partial charge in [0.05, 0.1) is 6.61 Å². The van der Waals surface area contributed by atoms with Gasteiger partial charge in [-0.2, -0.15) is 13.2 Å². The molecule has 1 atom stereocenters. The summed E-state index contributed by atoms with van der Waals surface area (Å²) in [6.07, 6.45) is -4.32. The Balaban J connectivity index is 2.45. The van der Waals surface area contributed by atoms with E-state index in [1.54, 1.807) is 25.1 Å². The van der Waals surface area contributed by atoms with Gasteiger partial charge in [0.2, 0.25) is 0 Å². The van der Waals surface area contributed by atoms with Crippen LogP contribution in [0, 0.1) is 0 Å². The van der Waals surface area contributed by atoms with E-state index in [2.05, 4.69) is 4.74 Å². The highest BCUT2D eigenvalue weighted by Gasteiger charge is 2.27. The van der Waals surface area contributed by atoms with Gasteiger partial charge in [0.25, 0.3) is 0 Å². The van der Waals surface area contributed by atoms with Crippen molar-refractivity contribution in [3.05, 3.63) is 28.8 Å². The first-order chi connectivity index (χ1) is 8.79. The minimum atomic E-state index is -4.32. The summed E-state index contributed by atoms with van der Waals surface area (Å²) in [7, 11) is 0. The van der Waals surface area contributed by atoms with Gasteiger partial charge in [-0.3, -0.25) is 0 Å². The largest absolute Gasteiger partial charge is 0.491 e. The minimum absolute atomic E-state index is 0.0113. The molecular formula is C12H15ClF3NO2. The Hall–Kier alpha value is -0.980. The molecule has 0 aliphatic heterocycles. The van der Waals surface area contributed by atoms with E-state index >= 15 is 0 Å². The van der Waals surface area contributed by atoms with Crippen molar-refractivity contribution in [1.29, 1.82) is 0 Å². The minimum Gasteiger partial charge on any atom is -0.491 e. The van der Waals surface area contributed by atoms with Gasteiger partial charge in [-0.1, -0.05) is 11.6 Å². The van der Waals surface area contributed by atoms with E-state index in [4.69, 9.17) is 22.1 Å². The Morgan fingerprint density at radius 3 is 2.58 bits per heavy atom. The summed E-state index contributed by atoms with van der Waals surface area (Å²) in [5, 5.41) is 0.521. The van der Waals surface area contributed by atoms with Crippen molar-refractivity contribution < 1.29 is 22.6 Å². The number of hydrogen-bond donors (Lipinski definition) is 1. The van der Waals surface area contributed by atoms with Gasteiger partial charge < -0.3 is 15.2 Å². The quantitative estimate of drug-likeness (QED) is 0.819. The SMILES string of the molecule is C[C@H](N)c1cc(Cl)ccc1OCCOCC(F)(F)F. The normalized spacial score (nSPS) is 13.4. The highest BCUT2D eigenvalue weighted by Crippen LogP contribution is 2.27. The fourth-order valence-electron chi connectivity index (χ4n) is 1.41. The molecule has 0 saturated carbocycles. The molecule has 1 aromatic rings. The Kier molecular flexibility index (Phi) is 5.90. The van der Waals surface area contributed by atoms with E-state index in [0.717, 1.165) is 0 Å². The first kappa shape index (κ1) is 16.1. The second-order valence-electron chi connectivity index (χ2n) is 3.99. The predicted molar refractivity (Wildman–Crippen MR) is 66.4 cm³/mol. The molecule has 108 valence electrons. The third-order valence-electron chi connectivity index (χ3n) is 2.21. The second kappa shape index (κ2) is 6.98. The number of nitrogens with two attached hydrogens (primary N) is 1. The standard InChI is InChI=1S/C12H15ClF3NO2/c1-8(17)10-6-9(13)2-3-11(10)19-5-4-18-7-12(14,15)16/h2-3,6,8H,4-5,7,17H2,1H3/t8-/m0/s1. The third-order valence-corrected chi connectivity index (χ3v) is 2.45. The molecule has 3 nitrogen and oxygen atoms in total. The number of halogens is 4. The molecule has 0 aromatic heterocycles. The smallest absolute Gasteiger partial charge is 0.411 e. The van der Waals surface area contributed by atoms with Crippen LogP contribution in [0.15, 0.2) is 18.2 Å². The second-order valence-corrected chi connectivity index (χ2v) is 4.42. The molecule has 0 unspecified atom stereocenters. The summed E-state index contributed by atoms with van der Waals surface area (Å²) in [6, 6.07) is 4.63. The monoisotopic (exact) mass is 297 g/mol. The van der Waals surface area contributed by atoms with E-state index in [1.807, 2.05) is 0 Å². The van der Waals surface area contributed by atoms with Gasteiger partial charge >= 0.3 is 6.18 Å². The van der Waals surface area contributed by atoms with Crippen molar-refractivity contribution in [2.24, 2.45) is 5.73 Å². The van der Waals surface area contributed by atoms with Crippen LogP contribution in [0.5, 0.6) is 5.75 Å². The molecule has 0 amide bonds. The van der Waals surface area contributed by atoms with Crippen LogP contribution in [0.1, 0.15) is 18.5 Å². The van der Waals surface area contributed by atoms with E-state index in [-0.39, 0.29) is 19.3 Å². The highest BCUT2D eigenvalue weighted by atomic mass is 35.5. The van der Waals surface area contributed by atoms with Gasteiger partial charge in [-0.15, -0.1) is 0 Å². The summed E-state index contributed by atoms with van der Waals surface area (Å²) >= 11 is 5.83. The van der Waals surface area contributed by atoms with Crippen LogP contribution in [0.4, 0.5) is 13.2 Å². The maximum absolute atomic E-state index is 11.8. The van der Waals surface area contributed by atoms with Gasteiger partial charge in [-0.05, 0) is 25.1 Å². The molecule has 0 heterocycles. The molecule has 0 bridgehead atoms. The predicted octanol–water partition coefficient (Wildman–Crippen LogP) is 3.32. The lowest BCUT2D eigenvalue weighted by Gasteiger charge is -2.14. The molecule has 2 N–H and O–H groups in total. The number of alkyl halides is 3. The summed E-state index contributed by atoms with van der Waals surface area (Å²) in [5.41, 5.74) is 6.45.